The second kappa shape index (κ2) is 8.56. The fourth-order valence-electron chi connectivity index (χ4n) is 3.47. The molecule has 1 aliphatic heterocycles. The molecular formula is C23H22N4O2. The predicted octanol–water partition coefficient (Wildman–Crippen LogP) is 2.98. The zero-order valence-electron chi connectivity index (χ0n) is 15.9. The topological polar surface area (TPSA) is 67.2 Å². The summed E-state index contributed by atoms with van der Waals surface area (Å²) < 4.78 is 1.77. The Labute approximate surface area is 169 Å². The van der Waals surface area contributed by atoms with Gasteiger partial charge in [-0.1, -0.05) is 48.5 Å². The Hall–Kier alpha value is -3.67. The van der Waals surface area contributed by atoms with Crippen LogP contribution in [0.1, 0.15) is 23.6 Å². The van der Waals surface area contributed by atoms with Gasteiger partial charge in [0.1, 0.15) is 0 Å². The predicted molar refractivity (Wildman–Crippen MR) is 111 cm³/mol. The standard InChI is InChI=1S/C23H22N4O2/c28-22-15-21(19-7-3-1-4-8-19)26(14-13-24-22)23(29)12-11-18-16-25-27(17-18)20-9-5-2-6-10-20/h1-12,16-17,21H,13-15H2,(H,24,28). The average molecular weight is 386 g/mol. The molecule has 0 spiro atoms. The van der Waals surface area contributed by atoms with E-state index in [1.165, 1.54) is 0 Å². The minimum absolute atomic E-state index is 0.0396. The van der Waals surface area contributed by atoms with Crippen molar-refractivity contribution in [3.63, 3.8) is 0 Å². The molecule has 6 nitrogen and oxygen atoms in total. The van der Waals surface area contributed by atoms with Gasteiger partial charge in [-0.25, -0.2) is 4.68 Å². The van der Waals surface area contributed by atoms with Gasteiger partial charge in [0.15, 0.2) is 0 Å². The third kappa shape index (κ3) is 4.43. The van der Waals surface area contributed by atoms with Gasteiger partial charge < -0.3 is 10.2 Å². The van der Waals surface area contributed by atoms with E-state index in [0.717, 1.165) is 16.8 Å². The quantitative estimate of drug-likeness (QED) is 0.701. The highest BCUT2D eigenvalue weighted by Crippen LogP contribution is 2.26. The normalized spacial score (nSPS) is 17.2. The van der Waals surface area contributed by atoms with Gasteiger partial charge in [-0.05, 0) is 23.8 Å². The van der Waals surface area contributed by atoms with Gasteiger partial charge in [0, 0.05) is 30.9 Å². The molecule has 1 aromatic heterocycles. The molecule has 146 valence electrons. The highest BCUT2D eigenvalue weighted by atomic mass is 16.2. The molecule has 3 aromatic rings. The second-order valence-electron chi connectivity index (χ2n) is 6.90. The molecule has 0 saturated carbocycles. The first kappa shape index (κ1) is 18.7. The largest absolute Gasteiger partial charge is 0.354 e. The van der Waals surface area contributed by atoms with Crippen LogP contribution in [0.3, 0.4) is 0 Å². The van der Waals surface area contributed by atoms with E-state index in [1.807, 2.05) is 66.9 Å². The number of para-hydroxylation sites is 1. The van der Waals surface area contributed by atoms with Crippen molar-refractivity contribution in [3.05, 3.63) is 90.3 Å². The fourth-order valence-corrected chi connectivity index (χ4v) is 3.47. The summed E-state index contributed by atoms with van der Waals surface area (Å²) in [5, 5.41) is 7.20. The lowest BCUT2D eigenvalue weighted by Gasteiger charge is -2.28. The number of amides is 2. The molecule has 2 heterocycles. The molecular weight excluding hydrogens is 364 g/mol. The fraction of sp³-hybridized carbons (Fsp3) is 0.174. The van der Waals surface area contributed by atoms with Crippen LogP contribution >= 0.6 is 0 Å². The Morgan fingerprint density at radius 1 is 1.07 bits per heavy atom. The number of hydrogen-bond donors (Lipinski definition) is 1. The molecule has 2 aromatic carbocycles. The molecule has 4 rings (SSSR count). The number of carbonyl (C=O) groups excluding carboxylic acids is 2. The van der Waals surface area contributed by atoms with Crippen molar-refractivity contribution < 1.29 is 9.59 Å². The molecule has 6 heteroatoms. The maximum atomic E-state index is 13.0. The van der Waals surface area contributed by atoms with Crippen molar-refractivity contribution in [1.82, 2.24) is 20.0 Å². The van der Waals surface area contributed by atoms with Crippen LogP contribution in [0.25, 0.3) is 11.8 Å². The molecule has 1 N–H and O–H groups in total. The van der Waals surface area contributed by atoms with Crippen LogP contribution in [-0.4, -0.2) is 39.6 Å². The molecule has 29 heavy (non-hydrogen) atoms. The number of nitrogens with one attached hydrogen (secondary N) is 1. The molecule has 0 aliphatic carbocycles. The van der Waals surface area contributed by atoms with Crippen molar-refractivity contribution in [1.29, 1.82) is 0 Å². The monoisotopic (exact) mass is 386 g/mol. The zero-order chi connectivity index (χ0) is 20.1. The molecule has 1 fully saturated rings. The lowest BCUT2D eigenvalue weighted by Crippen LogP contribution is -2.35. The third-order valence-corrected chi connectivity index (χ3v) is 4.94. The van der Waals surface area contributed by atoms with Gasteiger partial charge in [0.25, 0.3) is 0 Å². The lowest BCUT2D eigenvalue weighted by molar-refractivity contribution is -0.128. The molecule has 0 bridgehead atoms. The van der Waals surface area contributed by atoms with E-state index in [2.05, 4.69) is 10.4 Å². The number of nitrogens with zero attached hydrogens (tertiary/aromatic N) is 3. The summed E-state index contributed by atoms with van der Waals surface area (Å²) in [7, 11) is 0. The van der Waals surface area contributed by atoms with Crippen molar-refractivity contribution in [2.24, 2.45) is 0 Å². The SMILES string of the molecule is O=C1CC(c2ccccc2)N(C(=O)C=Cc2cnn(-c3ccccc3)c2)CCN1. The van der Waals surface area contributed by atoms with Crippen molar-refractivity contribution in [2.45, 2.75) is 12.5 Å². The van der Waals surface area contributed by atoms with Gasteiger partial charge in [-0.3, -0.25) is 9.59 Å². The number of hydrogen-bond acceptors (Lipinski definition) is 3. The van der Waals surface area contributed by atoms with E-state index >= 15 is 0 Å². The van der Waals surface area contributed by atoms with Crippen LogP contribution in [0.4, 0.5) is 0 Å². The van der Waals surface area contributed by atoms with E-state index in [0.29, 0.717) is 13.1 Å². The van der Waals surface area contributed by atoms with Crippen molar-refractivity contribution in [3.8, 4) is 5.69 Å². The highest BCUT2D eigenvalue weighted by Gasteiger charge is 2.28. The maximum Gasteiger partial charge on any atom is 0.247 e. The second-order valence-corrected chi connectivity index (χ2v) is 6.90. The Bertz CT molecular complexity index is 1010. The van der Waals surface area contributed by atoms with E-state index in [4.69, 9.17) is 0 Å². The first-order valence-electron chi connectivity index (χ1n) is 9.61. The van der Waals surface area contributed by atoms with Crippen LogP contribution in [0.2, 0.25) is 0 Å². The Balaban J connectivity index is 1.53. The van der Waals surface area contributed by atoms with Gasteiger partial charge >= 0.3 is 0 Å². The Kier molecular flexibility index (Phi) is 5.52. The van der Waals surface area contributed by atoms with Gasteiger partial charge in [0.2, 0.25) is 11.8 Å². The summed E-state index contributed by atoms with van der Waals surface area (Å²) >= 11 is 0. The number of aromatic nitrogens is 2. The molecule has 1 aliphatic rings. The van der Waals surface area contributed by atoms with Gasteiger partial charge in [-0.15, -0.1) is 0 Å². The zero-order valence-corrected chi connectivity index (χ0v) is 15.9. The average Bonchev–Trinajstić information content (AvgIpc) is 3.15. The molecule has 2 amide bonds. The lowest BCUT2D eigenvalue weighted by atomic mass is 10.0. The van der Waals surface area contributed by atoms with E-state index in [9.17, 15) is 9.59 Å². The van der Waals surface area contributed by atoms with Crippen LogP contribution in [0, 0.1) is 0 Å². The van der Waals surface area contributed by atoms with Crippen LogP contribution in [-0.2, 0) is 9.59 Å². The van der Waals surface area contributed by atoms with E-state index in [-0.39, 0.29) is 24.3 Å². The van der Waals surface area contributed by atoms with Crippen molar-refractivity contribution in [2.75, 3.05) is 13.1 Å². The van der Waals surface area contributed by atoms with Crippen LogP contribution < -0.4 is 5.32 Å². The number of rotatable bonds is 4. The van der Waals surface area contributed by atoms with Crippen LogP contribution in [0.15, 0.2) is 79.1 Å². The smallest absolute Gasteiger partial charge is 0.247 e. The van der Waals surface area contributed by atoms with Crippen LogP contribution in [0.5, 0.6) is 0 Å². The summed E-state index contributed by atoms with van der Waals surface area (Å²) in [5.74, 6) is -0.162. The summed E-state index contributed by atoms with van der Waals surface area (Å²) in [6, 6.07) is 19.2. The maximum absolute atomic E-state index is 13.0. The number of benzene rings is 2. The molecule has 1 atom stereocenters. The van der Waals surface area contributed by atoms with Gasteiger partial charge in [0.05, 0.1) is 24.3 Å². The minimum atomic E-state index is -0.275. The molecule has 0 radical (unpaired) electrons. The van der Waals surface area contributed by atoms with Crippen molar-refractivity contribution >= 4 is 17.9 Å². The minimum Gasteiger partial charge on any atom is -0.354 e. The summed E-state index contributed by atoms with van der Waals surface area (Å²) in [4.78, 5) is 26.8. The summed E-state index contributed by atoms with van der Waals surface area (Å²) in [6.07, 6.45) is 7.17. The van der Waals surface area contributed by atoms with E-state index < -0.39 is 0 Å². The number of carbonyl (C=O) groups is 2. The molecule has 1 saturated heterocycles. The summed E-state index contributed by atoms with van der Waals surface area (Å²) in [6.45, 7) is 0.922. The van der Waals surface area contributed by atoms with Gasteiger partial charge in [-0.2, -0.15) is 5.10 Å². The first-order valence-corrected chi connectivity index (χ1v) is 9.61. The Morgan fingerprint density at radius 2 is 1.79 bits per heavy atom. The summed E-state index contributed by atoms with van der Waals surface area (Å²) in [5.41, 5.74) is 2.76. The first-order chi connectivity index (χ1) is 14.2. The third-order valence-electron chi connectivity index (χ3n) is 4.94. The highest BCUT2D eigenvalue weighted by molar-refractivity contribution is 5.92. The van der Waals surface area contributed by atoms with E-state index in [1.54, 1.807) is 27.9 Å². The Morgan fingerprint density at radius 3 is 2.55 bits per heavy atom. The molecule has 1 unspecified atom stereocenters.